The molecule has 2 N–H and O–H groups in total. The Morgan fingerprint density at radius 2 is 2.21 bits per heavy atom. The van der Waals surface area contributed by atoms with Gasteiger partial charge in [0.2, 0.25) is 0 Å². The Kier molecular flexibility index (Phi) is 4.42. The highest BCUT2D eigenvalue weighted by Crippen LogP contribution is 2.28. The van der Waals surface area contributed by atoms with E-state index in [1.807, 2.05) is 30.9 Å². The minimum absolute atomic E-state index is 0.0651. The number of nitrogens with two attached hydrogens (primary N) is 1. The first kappa shape index (κ1) is 11.5. The van der Waals surface area contributed by atoms with E-state index < -0.39 is 0 Å². The van der Waals surface area contributed by atoms with E-state index in [4.69, 9.17) is 5.73 Å². The Balaban J connectivity index is 2.84. The van der Waals surface area contributed by atoms with Crippen LogP contribution in [-0.4, -0.2) is 10.2 Å². The Morgan fingerprint density at radius 3 is 2.79 bits per heavy atom. The van der Waals surface area contributed by atoms with Gasteiger partial charge in [-0.05, 0) is 19.4 Å². The minimum atomic E-state index is 0.0651. The highest BCUT2D eigenvalue weighted by molar-refractivity contribution is 7.99. The zero-order valence-electron chi connectivity index (χ0n) is 9.03. The maximum atomic E-state index is 5.88. The number of hydrogen-bond donors (Lipinski definition) is 1. The van der Waals surface area contributed by atoms with Crippen LogP contribution < -0.4 is 5.73 Å². The van der Waals surface area contributed by atoms with Crippen molar-refractivity contribution in [3.8, 4) is 0 Å². The maximum absolute atomic E-state index is 5.88. The Bertz CT molecular complexity index is 286. The SMILES string of the molecule is CCC(C)Sc1ncccc1[C@@H](C)N. The molecule has 1 rings (SSSR count). The monoisotopic (exact) mass is 210 g/mol. The predicted octanol–water partition coefficient (Wildman–Crippen LogP) is 2.99. The second kappa shape index (κ2) is 5.37. The molecule has 2 nitrogen and oxygen atoms in total. The molecule has 0 aliphatic rings. The molecule has 0 aliphatic carbocycles. The largest absolute Gasteiger partial charge is 0.324 e. The molecule has 2 atom stereocenters. The van der Waals surface area contributed by atoms with E-state index >= 15 is 0 Å². The Morgan fingerprint density at radius 1 is 1.50 bits per heavy atom. The molecule has 0 radical (unpaired) electrons. The number of hydrogen-bond acceptors (Lipinski definition) is 3. The zero-order valence-corrected chi connectivity index (χ0v) is 9.84. The fourth-order valence-corrected chi connectivity index (χ4v) is 2.18. The lowest BCUT2D eigenvalue weighted by atomic mass is 10.2. The fraction of sp³-hybridized carbons (Fsp3) is 0.545. The molecule has 1 aromatic rings. The van der Waals surface area contributed by atoms with Gasteiger partial charge in [-0.15, -0.1) is 11.8 Å². The number of rotatable bonds is 4. The highest BCUT2D eigenvalue weighted by Gasteiger charge is 2.10. The molecule has 0 saturated carbocycles. The van der Waals surface area contributed by atoms with Gasteiger partial charge in [0.1, 0.15) is 5.03 Å². The van der Waals surface area contributed by atoms with Crippen LogP contribution in [-0.2, 0) is 0 Å². The third-order valence-corrected chi connectivity index (χ3v) is 3.48. The molecule has 0 amide bonds. The van der Waals surface area contributed by atoms with Gasteiger partial charge in [-0.2, -0.15) is 0 Å². The van der Waals surface area contributed by atoms with Crippen molar-refractivity contribution < 1.29 is 0 Å². The number of thioether (sulfide) groups is 1. The summed E-state index contributed by atoms with van der Waals surface area (Å²) in [5, 5.41) is 1.68. The molecule has 0 saturated heterocycles. The smallest absolute Gasteiger partial charge is 0.101 e. The molecule has 1 heterocycles. The molecule has 0 spiro atoms. The van der Waals surface area contributed by atoms with Crippen molar-refractivity contribution in [2.75, 3.05) is 0 Å². The molecule has 3 heteroatoms. The molecule has 0 aromatic carbocycles. The van der Waals surface area contributed by atoms with E-state index in [2.05, 4.69) is 24.9 Å². The summed E-state index contributed by atoms with van der Waals surface area (Å²) in [5.74, 6) is 0. The lowest BCUT2D eigenvalue weighted by molar-refractivity contribution is 0.777. The molecule has 0 bridgehead atoms. The zero-order chi connectivity index (χ0) is 10.6. The van der Waals surface area contributed by atoms with E-state index in [9.17, 15) is 0 Å². The van der Waals surface area contributed by atoms with Crippen molar-refractivity contribution in [1.82, 2.24) is 4.98 Å². The normalized spacial score (nSPS) is 15.1. The molecule has 14 heavy (non-hydrogen) atoms. The van der Waals surface area contributed by atoms with E-state index in [-0.39, 0.29) is 6.04 Å². The van der Waals surface area contributed by atoms with Crippen LogP contribution in [0.25, 0.3) is 0 Å². The number of aromatic nitrogens is 1. The van der Waals surface area contributed by atoms with Crippen LogP contribution in [0.4, 0.5) is 0 Å². The topological polar surface area (TPSA) is 38.9 Å². The highest BCUT2D eigenvalue weighted by atomic mass is 32.2. The molecule has 0 aliphatic heterocycles. The van der Waals surface area contributed by atoms with Crippen LogP contribution in [0.3, 0.4) is 0 Å². The van der Waals surface area contributed by atoms with Gasteiger partial charge in [0.15, 0.2) is 0 Å². The molecule has 1 aromatic heterocycles. The van der Waals surface area contributed by atoms with Gasteiger partial charge in [0.25, 0.3) is 0 Å². The summed E-state index contributed by atoms with van der Waals surface area (Å²) in [6, 6.07) is 4.07. The van der Waals surface area contributed by atoms with E-state index in [1.54, 1.807) is 0 Å². The quantitative estimate of drug-likeness (QED) is 0.776. The molecule has 1 unspecified atom stereocenters. The molecular weight excluding hydrogens is 192 g/mol. The van der Waals surface area contributed by atoms with Crippen LogP contribution in [0, 0.1) is 0 Å². The van der Waals surface area contributed by atoms with Gasteiger partial charge in [-0.25, -0.2) is 4.98 Å². The lowest BCUT2D eigenvalue weighted by Crippen LogP contribution is -2.08. The van der Waals surface area contributed by atoms with E-state index in [1.165, 1.54) is 0 Å². The first-order valence-corrected chi connectivity index (χ1v) is 5.90. The van der Waals surface area contributed by atoms with Crippen LogP contribution in [0.2, 0.25) is 0 Å². The third kappa shape index (κ3) is 3.00. The van der Waals surface area contributed by atoms with Crippen molar-refractivity contribution in [2.24, 2.45) is 5.73 Å². The summed E-state index contributed by atoms with van der Waals surface area (Å²) in [7, 11) is 0. The third-order valence-electron chi connectivity index (χ3n) is 2.18. The minimum Gasteiger partial charge on any atom is -0.324 e. The average Bonchev–Trinajstić information content (AvgIpc) is 2.18. The van der Waals surface area contributed by atoms with Crippen LogP contribution in [0.1, 0.15) is 38.8 Å². The van der Waals surface area contributed by atoms with Crippen molar-refractivity contribution in [3.63, 3.8) is 0 Å². The van der Waals surface area contributed by atoms with Crippen LogP contribution in [0.15, 0.2) is 23.4 Å². The van der Waals surface area contributed by atoms with Crippen LogP contribution in [0.5, 0.6) is 0 Å². The summed E-state index contributed by atoms with van der Waals surface area (Å²) < 4.78 is 0. The van der Waals surface area contributed by atoms with Gasteiger partial charge >= 0.3 is 0 Å². The number of pyridine rings is 1. The van der Waals surface area contributed by atoms with Crippen molar-refractivity contribution in [3.05, 3.63) is 23.9 Å². The summed E-state index contributed by atoms with van der Waals surface area (Å²) in [5.41, 5.74) is 7.03. The maximum Gasteiger partial charge on any atom is 0.101 e. The average molecular weight is 210 g/mol. The Labute approximate surface area is 90.3 Å². The van der Waals surface area contributed by atoms with Crippen molar-refractivity contribution >= 4 is 11.8 Å². The fourth-order valence-electron chi connectivity index (χ4n) is 1.12. The van der Waals surface area contributed by atoms with E-state index in [0.717, 1.165) is 17.0 Å². The van der Waals surface area contributed by atoms with Gasteiger partial charge < -0.3 is 5.73 Å². The van der Waals surface area contributed by atoms with Crippen molar-refractivity contribution in [1.29, 1.82) is 0 Å². The van der Waals surface area contributed by atoms with E-state index in [0.29, 0.717) is 5.25 Å². The first-order chi connectivity index (χ1) is 6.65. The van der Waals surface area contributed by atoms with Gasteiger partial charge in [-0.3, -0.25) is 0 Å². The predicted molar refractivity (Wildman–Crippen MR) is 62.4 cm³/mol. The summed E-state index contributed by atoms with van der Waals surface area (Å²) in [6.07, 6.45) is 2.98. The second-order valence-electron chi connectivity index (χ2n) is 3.52. The standard InChI is InChI=1S/C11H18N2S/c1-4-8(2)14-11-10(9(3)12)6-5-7-13-11/h5-9H,4,12H2,1-3H3/t8?,9-/m1/s1. The van der Waals surface area contributed by atoms with Gasteiger partial charge in [0, 0.05) is 23.1 Å². The Hall–Kier alpha value is -0.540. The number of nitrogens with zero attached hydrogens (tertiary/aromatic N) is 1. The summed E-state index contributed by atoms with van der Waals surface area (Å²) in [4.78, 5) is 4.37. The van der Waals surface area contributed by atoms with Crippen molar-refractivity contribution in [2.45, 2.75) is 43.5 Å². The van der Waals surface area contributed by atoms with Crippen LogP contribution >= 0.6 is 11.8 Å². The summed E-state index contributed by atoms with van der Waals surface area (Å²) >= 11 is 1.81. The first-order valence-electron chi connectivity index (χ1n) is 5.02. The van der Waals surface area contributed by atoms with Gasteiger partial charge in [-0.1, -0.05) is 19.9 Å². The lowest BCUT2D eigenvalue weighted by Gasteiger charge is -2.13. The molecule has 78 valence electrons. The summed E-state index contributed by atoms with van der Waals surface area (Å²) in [6.45, 7) is 6.40. The van der Waals surface area contributed by atoms with Gasteiger partial charge in [0.05, 0.1) is 0 Å². The molecule has 0 fully saturated rings. The second-order valence-corrected chi connectivity index (χ2v) is 4.95. The molecular formula is C11H18N2S.